The number of carbonyl (C=O) groups excluding carboxylic acids is 1. The molecule has 2 aliphatic rings. The quantitative estimate of drug-likeness (QED) is 0.811. The van der Waals surface area contributed by atoms with Crippen LogP contribution in [0.5, 0.6) is 0 Å². The Morgan fingerprint density at radius 1 is 1.23 bits per heavy atom. The number of amides is 1. The summed E-state index contributed by atoms with van der Waals surface area (Å²) in [6.45, 7) is 5.65. The summed E-state index contributed by atoms with van der Waals surface area (Å²) in [5.41, 5.74) is 0.342. The largest absolute Gasteiger partial charge is 0.349 e. The number of thioether (sulfide) groups is 1. The number of nitrogens with one attached hydrogen (secondary N) is 1. The highest BCUT2D eigenvalue weighted by Crippen LogP contribution is 2.35. The van der Waals surface area contributed by atoms with E-state index in [1.807, 2.05) is 14.1 Å². The van der Waals surface area contributed by atoms with Crippen molar-refractivity contribution in [1.29, 1.82) is 0 Å². The van der Waals surface area contributed by atoms with Crippen molar-refractivity contribution >= 4 is 17.7 Å². The molecule has 1 saturated heterocycles. The van der Waals surface area contributed by atoms with Crippen LogP contribution >= 0.6 is 11.8 Å². The lowest BCUT2D eigenvalue weighted by molar-refractivity contribution is -0.129. The van der Waals surface area contributed by atoms with Crippen LogP contribution < -0.4 is 5.32 Å². The van der Waals surface area contributed by atoms with Gasteiger partial charge in [0.1, 0.15) is 0 Å². The van der Waals surface area contributed by atoms with Gasteiger partial charge >= 0.3 is 0 Å². The smallest absolute Gasteiger partial charge is 0.223 e. The van der Waals surface area contributed by atoms with Gasteiger partial charge in [-0.25, -0.2) is 0 Å². The Morgan fingerprint density at radius 2 is 1.86 bits per heavy atom. The van der Waals surface area contributed by atoms with Gasteiger partial charge in [-0.05, 0) is 19.8 Å². The molecule has 128 valence electrons. The van der Waals surface area contributed by atoms with Crippen LogP contribution in [-0.2, 0) is 4.79 Å². The maximum absolute atomic E-state index is 11.9. The Labute approximate surface area is 140 Å². The average molecular weight is 328 g/mol. The van der Waals surface area contributed by atoms with Crippen molar-refractivity contribution in [2.75, 3.05) is 45.2 Å². The Morgan fingerprint density at radius 3 is 2.45 bits per heavy atom. The molecule has 0 aromatic carbocycles. The van der Waals surface area contributed by atoms with Crippen LogP contribution in [0.15, 0.2) is 0 Å². The zero-order valence-electron chi connectivity index (χ0n) is 14.6. The second kappa shape index (κ2) is 8.55. The van der Waals surface area contributed by atoms with Crippen molar-refractivity contribution in [2.24, 2.45) is 0 Å². The molecule has 1 amide bonds. The van der Waals surface area contributed by atoms with E-state index in [0.29, 0.717) is 12.0 Å². The average Bonchev–Trinajstić information content (AvgIpc) is 2.54. The molecule has 0 spiro atoms. The van der Waals surface area contributed by atoms with Gasteiger partial charge in [-0.3, -0.25) is 9.69 Å². The molecular weight excluding hydrogens is 294 g/mol. The van der Waals surface area contributed by atoms with E-state index in [9.17, 15) is 4.79 Å². The van der Waals surface area contributed by atoms with Gasteiger partial charge in [-0.15, -0.1) is 0 Å². The van der Waals surface area contributed by atoms with Crippen molar-refractivity contribution < 1.29 is 4.79 Å². The van der Waals surface area contributed by atoms with Gasteiger partial charge in [0.25, 0.3) is 0 Å². The molecule has 0 aromatic heterocycles. The number of hydrogen-bond acceptors (Lipinski definition) is 4. The van der Waals surface area contributed by atoms with E-state index in [-0.39, 0.29) is 11.9 Å². The predicted octanol–water partition coefficient (Wildman–Crippen LogP) is 2.19. The summed E-state index contributed by atoms with van der Waals surface area (Å²) >= 11 is 2.09. The summed E-state index contributed by atoms with van der Waals surface area (Å²) in [5.74, 6) is 2.76. The number of nitrogens with zero attached hydrogens (tertiary/aromatic N) is 2. The number of rotatable bonds is 6. The van der Waals surface area contributed by atoms with Crippen LogP contribution in [0.2, 0.25) is 0 Å². The van der Waals surface area contributed by atoms with Gasteiger partial charge in [0.2, 0.25) is 5.91 Å². The summed E-state index contributed by atoms with van der Waals surface area (Å²) in [5, 5.41) is 3.68. The predicted molar refractivity (Wildman–Crippen MR) is 95.5 cm³/mol. The molecule has 2 rings (SSSR count). The zero-order valence-corrected chi connectivity index (χ0v) is 15.4. The monoisotopic (exact) mass is 327 g/mol. The normalized spacial score (nSPS) is 24.0. The molecule has 1 saturated carbocycles. The number of carbonyl (C=O) groups is 1. The fourth-order valence-corrected chi connectivity index (χ4v) is 4.64. The molecule has 1 heterocycles. The molecule has 0 bridgehead atoms. The zero-order chi connectivity index (χ0) is 16.0. The molecule has 22 heavy (non-hydrogen) atoms. The second-order valence-electron chi connectivity index (χ2n) is 7.16. The first kappa shape index (κ1) is 18.1. The first-order valence-corrected chi connectivity index (χ1v) is 9.95. The minimum atomic E-state index is 0.215. The molecular formula is C17H33N3OS. The van der Waals surface area contributed by atoms with Crippen LogP contribution in [0, 0.1) is 0 Å². The van der Waals surface area contributed by atoms with E-state index >= 15 is 0 Å². The number of hydrogen-bond donors (Lipinski definition) is 1. The topological polar surface area (TPSA) is 35.6 Å². The minimum Gasteiger partial charge on any atom is -0.349 e. The maximum atomic E-state index is 11.9. The van der Waals surface area contributed by atoms with Crippen LogP contribution in [0.1, 0.15) is 45.4 Å². The third kappa shape index (κ3) is 4.87. The summed E-state index contributed by atoms with van der Waals surface area (Å²) in [7, 11) is 3.67. The summed E-state index contributed by atoms with van der Waals surface area (Å²) < 4.78 is 0. The summed E-state index contributed by atoms with van der Waals surface area (Å²) in [4.78, 5) is 16.3. The van der Waals surface area contributed by atoms with Gasteiger partial charge in [0.05, 0.1) is 0 Å². The second-order valence-corrected chi connectivity index (χ2v) is 8.38. The molecule has 2 fully saturated rings. The molecule has 1 atom stereocenters. The van der Waals surface area contributed by atoms with Crippen molar-refractivity contribution in [3.05, 3.63) is 0 Å². The molecule has 4 nitrogen and oxygen atoms in total. The molecule has 0 unspecified atom stereocenters. The van der Waals surface area contributed by atoms with Crippen LogP contribution in [0.25, 0.3) is 0 Å². The lowest BCUT2D eigenvalue weighted by atomic mass is 9.79. The van der Waals surface area contributed by atoms with Gasteiger partial charge in [0, 0.05) is 63.2 Å². The fraction of sp³-hybridized carbons (Fsp3) is 0.941. The summed E-state index contributed by atoms with van der Waals surface area (Å²) in [6.07, 6.45) is 7.34. The lowest BCUT2D eigenvalue weighted by Crippen LogP contribution is -2.59. The van der Waals surface area contributed by atoms with Crippen LogP contribution in [0.4, 0.5) is 0 Å². The van der Waals surface area contributed by atoms with Crippen LogP contribution in [0.3, 0.4) is 0 Å². The van der Waals surface area contributed by atoms with E-state index in [1.54, 1.807) is 4.90 Å². The first-order chi connectivity index (χ1) is 10.5. The highest BCUT2D eigenvalue weighted by molar-refractivity contribution is 7.99. The highest BCUT2D eigenvalue weighted by atomic mass is 32.2. The Bertz CT molecular complexity index is 350. The van der Waals surface area contributed by atoms with Crippen molar-refractivity contribution in [2.45, 2.75) is 57.0 Å². The molecule has 5 heteroatoms. The molecule has 0 aromatic rings. The van der Waals surface area contributed by atoms with Gasteiger partial charge in [-0.2, -0.15) is 11.8 Å². The van der Waals surface area contributed by atoms with Crippen molar-refractivity contribution in [3.8, 4) is 0 Å². The van der Waals surface area contributed by atoms with E-state index < -0.39 is 0 Å². The Hall–Kier alpha value is -0.260. The minimum absolute atomic E-state index is 0.215. The van der Waals surface area contributed by atoms with Crippen molar-refractivity contribution in [1.82, 2.24) is 15.1 Å². The standard InChI is InChI=1S/C17H33N3OS/c1-15(13-16(21)19(2)3)18-14-17(7-5-4-6-8-17)20-9-11-22-12-10-20/h15,18H,4-14H2,1-3H3/t15-/m1/s1. The molecule has 1 N–H and O–H groups in total. The van der Waals surface area contributed by atoms with E-state index in [0.717, 1.165) is 6.54 Å². The van der Waals surface area contributed by atoms with Crippen LogP contribution in [-0.4, -0.2) is 72.5 Å². The van der Waals surface area contributed by atoms with Gasteiger partial charge in [-0.1, -0.05) is 19.3 Å². The molecule has 0 radical (unpaired) electrons. The maximum Gasteiger partial charge on any atom is 0.223 e. The molecule has 1 aliphatic heterocycles. The SMILES string of the molecule is C[C@H](CC(=O)N(C)C)NCC1(N2CCSCC2)CCCCC1. The Balaban J connectivity index is 1.90. The first-order valence-electron chi connectivity index (χ1n) is 8.80. The summed E-state index contributed by atoms with van der Waals surface area (Å²) in [6, 6.07) is 0.257. The third-order valence-electron chi connectivity index (χ3n) is 5.23. The van der Waals surface area contributed by atoms with E-state index in [1.165, 1.54) is 56.7 Å². The third-order valence-corrected chi connectivity index (χ3v) is 6.17. The Kier molecular flexibility index (Phi) is 7.03. The van der Waals surface area contributed by atoms with Gasteiger partial charge < -0.3 is 10.2 Å². The highest BCUT2D eigenvalue weighted by Gasteiger charge is 2.38. The van der Waals surface area contributed by atoms with Crippen molar-refractivity contribution in [3.63, 3.8) is 0 Å². The molecule has 1 aliphatic carbocycles. The lowest BCUT2D eigenvalue weighted by Gasteiger charge is -2.48. The van der Waals surface area contributed by atoms with E-state index in [4.69, 9.17) is 0 Å². The van der Waals surface area contributed by atoms with E-state index in [2.05, 4.69) is 28.9 Å². The van der Waals surface area contributed by atoms with Gasteiger partial charge in [0.15, 0.2) is 0 Å². The fourth-order valence-electron chi connectivity index (χ4n) is 3.73.